The molecule has 2 N–H and O–H groups in total. The van der Waals surface area contributed by atoms with Crippen molar-refractivity contribution in [3.63, 3.8) is 0 Å². The molecule has 100 valence electrons. The van der Waals surface area contributed by atoms with Crippen LogP contribution < -0.4 is 5.73 Å². The summed E-state index contributed by atoms with van der Waals surface area (Å²) in [6, 6.07) is 12.1. The molecule has 2 rings (SSSR count). The molecule has 1 atom stereocenters. The molecule has 1 unspecified atom stereocenters. The van der Waals surface area contributed by atoms with Gasteiger partial charge < -0.3 is 15.1 Å². The predicted molar refractivity (Wildman–Crippen MR) is 81.0 cm³/mol. The minimum absolute atomic E-state index is 0.0769. The maximum absolute atomic E-state index is 5.88. The van der Waals surface area contributed by atoms with E-state index in [0.29, 0.717) is 4.99 Å². The van der Waals surface area contributed by atoms with E-state index in [1.807, 2.05) is 24.3 Å². The average molecular weight is 274 g/mol. The van der Waals surface area contributed by atoms with E-state index in [1.165, 1.54) is 0 Å². The van der Waals surface area contributed by atoms with E-state index in [1.54, 1.807) is 12.5 Å². The van der Waals surface area contributed by atoms with E-state index in [9.17, 15) is 0 Å². The van der Waals surface area contributed by atoms with Gasteiger partial charge in [0.15, 0.2) is 0 Å². The average Bonchev–Trinajstić information content (AvgIpc) is 2.89. The van der Waals surface area contributed by atoms with Crippen LogP contribution >= 0.6 is 12.2 Å². The molecule has 1 aromatic carbocycles. The fraction of sp³-hybridized carbons (Fsp3) is 0.267. The van der Waals surface area contributed by atoms with Crippen LogP contribution in [0, 0.1) is 0 Å². The van der Waals surface area contributed by atoms with Crippen molar-refractivity contribution in [1.82, 2.24) is 4.90 Å². The Bertz CT molecular complexity index is 510. The maximum Gasteiger partial charge on any atom is 0.0947 e. The number of hydrogen-bond acceptors (Lipinski definition) is 3. The highest BCUT2D eigenvalue weighted by Crippen LogP contribution is 2.18. The van der Waals surface area contributed by atoms with Crippen LogP contribution in [-0.4, -0.2) is 23.5 Å². The standard InChI is InChI=1S/C15H18N2OS/c1-17(9-12-7-8-18-11-12)10-14(15(16)19)13-5-3-2-4-6-13/h2-8,11,14H,9-10H2,1H3,(H2,16,19). The summed E-state index contributed by atoms with van der Waals surface area (Å²) < 4.78 is 5.08. The van der Waals surface area contributed by atoms with Crippen molar-refractivity contribution >= 4 is 17.2 Å². The number of furan rings is 1. The molecule has 0 aliphatic rings. The van der Waals surface area contributed by atoms with Crippen molar-refractivity contribution in [1.29, 1.82) is 0 Å². The number of benzene rings is 1. The molecule has 0 fully saturated rings. The zero-order chi connectivity index (χ0) is 13.7. The fourth-order valence-corrected chi connectivity index (χ4v) is 2.33. The van der Waals surface area contributed by atoms with Crippen molar-refractivity contribution in [2.75, 3.05) is 13.6 Å². The Morgan fingerprint density at radius 3 is 2.63 bits per heavy atom. The Morgan fingerprint density at radius 1 is 1.32 bits per heavy atom. The highest BCUT2D eigenvalue weighted by Gasteiger charge is 2.17. The topological polar surface area (TPSA) is 42.4 Å². The Labute approximate surface area is 119 Å². The Morgan fingerprint density at radius 2 is 2.05 bits per heavy atom. The van der Waals surface area contributed by atoms with Gasteiger partial charge >= 0.3 is 0 Å². The fourth-order valence-electron chi connectivity index (χ4n) is 2.12. The summed E-state index contributed by atoms with van der Waals surface area (Å²) in [5, 5.41) is 0. The van der Waals surface area contributed by atoms with E-state index in [-0.39, 0.29) is 5.92 Å². The maximum atomic E-state index is 5.88. The van der Waals surface area contributed by atoms with Gasteiger partial charge in [-0.25, -0.2) is 0 Å². The third-order valence-corrected chi connectivity index (χ3v) is 3.36. The summed E-state index contributed by atoms with van der Waals surface area (Å²) in [7, 11) is 2.06. The molecule has 0 saturated carbocycles. The molecule has 0 bridgehead atoms. The monoisotopic (exact) mass is 274 g/mol. The largest absolute Gasteiger partial charge is 0.472 e. The zero-order valence-electron chi connectivity index (χ0n) is 11.0. The van der Waals surface area contributed by atoms with Gasteiger partial charge in [-0.15, -0.1) is 0 Å². The first-order chi connectivity index (χ1) is 9.16. The van der Waals surface area contributed by atoms with Gasteiger partial charge in [-0.1, -0.05) is 42.5 Å². The molecule has 19 heavy (non-hydrogen) atoms. The van der Waals surface area contributed by atoms with E-state index < -0.39 is 0 Å². The first-order valence-corrected chi connectivity index (χ1v) is 6.61. The van der Waals surface area contributed by atoms with E-state index in [2.05, 4.69) is 24.1 Å². The van der Waals surface area contributed by atoms with Gasteiger partial charge in [-0.05, 0) is 18.7 Å². The second-order valence-corrected chi connectivity index (χ2v) is 5.17. The second-order valence-electron chi connectivity index (χ2n) is 4.69. The van der Waals surface area contributed by atoms with Crippen LogP contribution in [0.5, 0.6) is 0 Å². The van der Waals surface area contributed by atoms with Gasteiger partial charge in [0.25, 0.3) is 0 Å². The number of rotatable bonds is 6. The molecule has 0 radical (unpaired) electrons. The number of hydrogen-bond donors (Lipinski definition) is 1. The molecule has 0 aliphatic heterocycles. The lowest BCUT2D eigenvalue weighted by Gasteiger charge is -2.23. The molecule has 0 spiro atoms. The van der Waals surface area contributed by atoms with Crippen LogP contribution in [0.25, 0.3) is 0 Å². The van der Waals surface area contributed by atoms with Crippen LogP contribution in [0.15, 0.2) is 53.3 Å². The van der Waals surface area contributed by atoms with Crippen molar-refractivity contribution in [3.05, 3.63) is 60.1 Å². The van der Waals surface area contributed by atoms with Crippen molar-refractivity contribution < 1.29 is 4.42 Å². The number of nitrogens with zero attached hydrogens (tertiary/aromatic N) is 1. The Balaban J connectivity index is 2.03. The Hall–Kier alpha value is -1.65. The van der Waals surface area contributed by atoms with Gasteiger partial charge in [0.2, 0.25) is 0 Å². The van der Waals surface area contributed by atoms with Gasteiger partial charge in [0, 0.05) is 24.6 Å². The minimum atomic E-state index is 0.0769. The lowest BCUT2D eigenvalue weighted by Crippen LogP contribution is -2.31. The van der Waals surface area contributed by atoms with E-state index in [0.717, 1.165) is 24.2 Å². The van der Waals surface area contributed by atoms with Gasteiger partial charge in [0.05, 0.1) is 17.5 Å². The SMILES string of the molecule is CN(Cc1ccoc1)CC(C(N)=S)c1ccccc1. The van der Waals surface area contributed by atoms with Crippen molar-refractivity contribution in [2.45, 2.75) is 12.5 Å². The van der Waals surface area contributed by atoms with Crippen LogP contribution in [0.3, 0.4) is 0 Å². The highest BCUT2D eigenvalue weighted by atomic mass is 32.1. The van der Waals surface area contributed by atoms with Gasteiger partial charge in [0.1, 0.15) is 0 Å². The summed E-state index contributed by atoms with van der Waals surface area (Å²) in [6.07, 6.45) is 3.44. The Kier molecular flexibility index (Phi) is 4.71. The first kappa shape index (κ1) is 13.8. The molecule has 0 amide bonds. The van der Waals surface area contributed by atoms with E-state index in [4.69, 9.17) is 22.4 Å². The predicted octanol–water partition coefficient (Wildman–Crippen LogP) is 2.78. The number of nitrogens with two attached hydrogens (primary N) is 1. The molecular formula is C15H18N2OS. The van der Waals surface area contributed by atoms with Crippen LogP contribution in [0.1, 0.15) is 17.0 Å². The summed E-state index contributed by atoms with van der Waals surface area (Å²) in [6.45, 7) is 1.62. The zero-order valence-corrected chi connectivity index (χ0v) is 11.8. The summed E-state index contributed by atoms with van der Waals surface area (Å²) >= 11 is 5.20. The second kappa shape index (κ2) is 6.50. The summed E-state index contributed by atoms with van der Waals surface area (Å²) in [4.78, 5) is 2.73. The molecule has 4 heteroatoms. The molecule has 1 heterocycles. The van der Waals surface area contributed by atoms with Crippen molar-refractivity contribution in [2.24, 2.45) is 5.73 Å². The molecule has 0 saturated heterocycles. The van der Waals surface area contributed by atoms with E-state index >= 15 is 0 Å². The summed E-state index contributed by atoms with van der Waals surface area (Å²) in [5.74, 6) is 0.0769. The van der Waals surface area contributed by atoms with Crippen LogP contribution in [0.2, 0.25) is 0 Å². The summed E-state index contributed by atoms with van der Waals surface area (Å²) in [5.41, 5.74) is 8.19. The smallest absolute Gasteiger partial charge is 0.0947 e. The molecule has 3 nitrogen and oxygen atoms in total. The lowest BCUT2D eigenvalue weighted by atomic mass is 9.98. The quantitative estimate of drug-likeness (QED) is 0.823. The third kappa shape index (κ3) is 3.91. The van der Waals surface area contributed by atoms with Crippen molar-refractivity contribution in [3.8, 4) is 0 Å². The number of likely N-dealkylation sites (N-methyl/N-ethyl adjacent to an activating group) is 1. The number of thiocarbonyl (C=S) groups is 1. The molecule has 1 aromatic heterocycles. The minimum Gasteiger partial charge on any atom is -0.472 e. The lowest BCUT2D eigenvalue weighted by molar-refractivity contribution is 0.322. The normalized spacial score (nSPS) is 12.5. The van der Waals surface area contributed by atoms with Crippen LogP contribution in [-0.2, 0) is 6.54 Å². The van der Waals surface area contributed by atoms with Gasteiger partial charge in [-0.2, -0.15) is 0 Å². The molecule has 0 aliphatic carbocycles. The highest BCUT2D eigenvalue weighted by molar-refractivity contribution is 7.80. The van der Waals surface area contributed by atoms with Gasteiger partial charge in [-0.3, -0.25) is 0 Å². The van der Waals surface area contributed by atoms with Crippen LogP contribution in [0.4, 0.5) is 0 Å². The molecule has 2 aromatic rings. The first-order valence-electron chi connectivity index (χ1n) is 6.20. The third-order valence-electron chi connectivity index (χ3n) is 3.07. The molecular weight excluding hydrogens is 256 g/mol.